The molecule has 0 rings (SSSR count). The Morgan fingerprint density at radius 1 is 1.18 bits per heavy atom. The molecule has 17 heavy (non-hydrogen) atoms. The molecular formula is C16H33N. The summed E-state index contributed by atoms with van der Waals surface area (Å²) >= 11 is 0. The maximum absolute atomic E-state index is 3.73. The molecule has 0 spiro atoms. The molecule has 0 bridgehead atoms. The minimum absolute atomic E-state index is 0.183. The van der Waals surface area contributed by atoms with Gasteiger partial charge in [0, 0.05) is 11.1 Å². The molecule has 0 amide bonds. The van der Waals surface area contributed by atoms with E-state index < -0.39 is 0 Å². The highest BCUT2D eigenvalue weighted by Gasteiger charge is 2.30. The molecule has 1 nitrogen and oxygen atoms in total. The number of hydrogen-bond donors (Lipinski definition) is 1. The van der Waals surface area contributed by atoms with E-state index in [0.717, 1.165) is 0 Å². The van der Waals surface area contributed by atoms with Crippen LogP contribution in [0, 0.1) is 10.8 Å². The van der Waals surface area contributed by atoms with E-state index in [2.05, 4.69) is 59.5 Å². The van der Waals surface area contributed by atoms with Gasteiger partial charge in [0.15, 0.2) is 0 Å². The second-order valence-electron chi connectivity index (χ2n) is 5.63. The second kappa shape index (κ2) is 8.38. The van der Waals surface area contributed by atoms with E-state index in [0.29, 0.717) is 5.41 Å². The number of allylic oxidation sites excluding steroid dienone is 2. The van der Waals surface area contributed by atoms with Crippen LogP contribution in [0.25, 0.3) is 0 Å². The molecule has 0 unspecified atom stereocenters. The van der Waals surface area contributed by atoms with Gasteiger partial charge in [-0.3, -0.25) is 0 Å². The standard InChI is InChI=1S/C14H27N.C2H6/c1-8-12(15-10-3)14(6,7)11-13(4,5)9-2;1-2/h8,10,15H,3,9,11H2,1-2,4-7H3;1-2H3/b12-8-;. The molecule has 0 aromatic carbocycles. The Morgan fingerprint density at radius 2 is 1.65 bits per heavy atom. The average Bonchev–Trinajstić information content (AvgIpc) is 2.27. The van der Waals surface area contributed by atoms with Gasteiger partial charge in [0.2, 0.25) is 0 Å². The van der Waals surface area contributed by atoms with Crippen molar-refractivity contribution in [3.63, 3.8) is 0 Å². The molecule has 102 valence electrons. The van der Waals surface area contributed by atoms with E-state index in [1.54, 1.807) is 6.20 Å². The molecule has 0 heterocycles. The zero-order chi connectivity index (χ0) is 14.1. The van der Waals surface area contributed by atoms with Crippen molar-refractivity contribution in [2.45, 2.75) is 68.2 Å². The van der Waals surface area contributed by atoms with Gasteiger partial charge < -0.3 is 5.32 Å². The Kier molecular flexibility index (Phi) is 9.19. The molecule has 0 fully saturated rings. The van der Waals surface area contributed by atoms with Crippen LogP contribution in [0.5, 0.6) is 0 Å². The van der Waals surface area contributed by atoms with Gasteiger partial charge in [-0.15, -0.1) is 0 Å². The fraction of sp³-hybridized carbons (Fsp3) is 0.750. The fourth-order valence-corrected chi connectivity index (χ4v) is 2.20. The molecular weight excluding hydrogens is 206 g/mol. The Labute approximate surface area is 109 Å². The lowest BCUT2D eigenvalue weighted by Crippen LogP contribution is -2.29. The summed E-state index contributed by atoms with van der Waals surface area (Å²) in [4.78, 5) is 0. The number of hydrogen-bond acceptors (Lipinski definition) is 1. The first-order chi connectivity index (χ1) is 7.79. The first kappa shape index (κ1) is 18.6. The zero-order valence-corrected chi connectivity index (χ0v) is 13.3. The van der Waals surface area contributed by atoms with Crippen molar-refractivity contribution in [1.29, 1.82) is 0 Å². The Balaban J connectivity index is 0. The highest BCUT2D eigenvalue weighted by molar-refractivity contribution is 5.12. The normalized spacial score (nSPS) is 12.6. The molecule has 0 saturated carbocycles. The van der Waals surface area contributed by atoms with E-state index in [4.69, 9.17) is 0 Å². The van der Waals surface area contributed by atoms with Gasteiger partial charge in [-0.05, 0) is 25.0 Å². The van der Waals surface area contributed by atoms with Gasteiger partial charge in [-0.25, -0.2) is 0 Å². The molecule has 1 N–H and O–H groups in total. The molecule has 0 aliphatic carbocycles. The summed E-state index contributed by atoms with van der Waals surface area (Å²) < 4.78 is 0. The largest absolute Gasteiger partial charge is 0.365 e. The van der Waals surface area contributed by atoms with E-state index in [-0.39, 0.29) is 5.41 Å². The van der Waals surface area contributed by atoms with Crippen LogP contribution in [-0.2, 0) is 0 Å². The minimum atomic E-state index is 0.183. The Hall–Kier alpha value is -0.720. The van der Waals surface area contributed by atoms with Gasteiger partial charge in [-0.1, -0.05) is 67.5 Å². The van der Waals surface area contributed by atoms with Crippen LogP contribution >= 0.6 is 0 Å². The second-order valence-corrected chi connectivity index (χ2v) is 5.63. The summed E-state index contributed by atoms with van der Waals surface area (Å²) in [5.74, 6) is 0. The average molecular weight is 239 g/mol. The summed E-state index contributed by atoms with van der Waals surface area (Å²) in [6.45, 7) is 21.3. The maximum Gasteiger partial charge on any atom is 0.0160 e. The van der Waals surface area contributed by atoms with Crippen molar-refractivity contribution in [1.82, 2.24) is 5.32 Å². The molecule has 0 aromatic rings. The molecule has 0 aliphatic heterocycles. The van der Waals surface area contributed by atoms with Gasteiger partial charge >= 0.3 is 0 Å². The summed E-state index contributed by atoms with van der Waals surface area (Å²) in [6.07, 6.45) is 6.29. The zero-order valence-electron chi connectivity index (χ0n) is 13.3. The first-order valence-electron chi connectivity index (χ1n) is 6.83. The van der Waals surface area contributed by atoms with Crippen molar-refractivity contribution in [3.8, 4) is 0 Å². The van der Waals surface area contributed by atoms with Crippen LogP contribution < -0.4 is 5.32 Å². The first-order valence-corrected chi connectivity index (χ1v) is 6.83. The van der Waals surface area contributed by atoms with Crippen LogP contribution in [-0.4, -0.2) is 0 Å². The third kappa shape index (κ3) is 7.25. The van der Waals surface area contributed by atoms with Gasteiger partial charge in [0.25, 0.3) is 0 Å². The van der Waals surface area contributed by atoms with Crippen LogP contribution in [0.1, 0.15) is 68.2 Å². The topological polar surface area (TPSA) is 12.0 Å². The van der Waals surface area contributed by atoms with E-state index >= 15 is 0 Å². The van der Waals surface area contributed by atoms with Crippen LogP contribution in [0.4, 0.5) is 0 Å². The van der Waals surface area contributed by atoms with Crippen LogP contribution in [0.3, 0.4) is 0 Å². The third-order valence-corrected chi connectivity index (χ3v) is 3.15. The summed E-state index contributed by atoms with van der Waals surface area (Å²) in [5.41, 5.74) is 1.84. The van der Waals surface area contributed by atoms with Crippen molar-refractivity contribution in [2.24, 2.45) is 10.8 Å². The maximum atomic E-state index is 3.73. The minimum Gasteiger partial charge on any atom is -0.365 e. The lowest BCUT2D eigenvalue weighted by Gasteiger charge is -2.36. The summed E-state index contributed by atoms with van der Waals surface area (Å²) in [7, 11) is 0. The molecule has 0 aromatic heterocycles. The fourth-order valence-electron chi connectivity index (χ4n) is 2.20. The van der Waals surface area contributed by atoms with Crippen molar-refractivity contribution in [3.05, 3.63) is 24.6 Å². The molecule has 1 heteroatoms. The predicted molar refractivity (Wildman–Crippen MR) is 80.9 cm³/mol. The third-order valence-electron chi connectivity index (χ3n) is 3.15. The monoisotopic (exact) mass is 239 g/mol. The molecule has 0 aliphatic rings. The van der Waals surface area contributed by atoms with Crippen LogP contribution in [0.2, 0.25) is 0 Å². The Bertz CT molecular complexity index is 234. The molecule has 0 saturated heterocycles. The van der Waals surface area contributed by atoms with Crippen molar-refractivity contribution < 1.29 is 0 Å². The van der Waals surface area contributed by atoms with Crippen molar-refractivity contribution in [2.75, 3.05) is 0 Å². The summed E-state index contributed by atoms with van der Waals surface area (Å²) in [6, 6.07) is 0. The lowest BCUT2D eigenvalue weighted by molar-refractivity contribution is 0.214. The van der Waals surface area contributed by atoms with E-state index in [1.165, 1.54) is 18.5 Å². The predicted octanol–water partition coefficient (Wildman–Crippen LogP) is 5.50. The van der Waals surface area contributed by atoms with Gasteiger partial charge in [0.1, 0.15) is 0 Å². The highest BCUT2D eigenvalue weighted by atomic mass is 14.9. The lowest BCUT2D eigenvalue weighted by atomic mass is 9.72. The van der Waals surface area contributed by atoms with E-state index in [1.807, 2.05) is 13.8 Å². The Morgan fingerprint density at radius 3 is 1.94 bits per heavy atom. The van der Waals surface area contributed by atoms with Crippen LogP contribution in [0.15, 0.2) is 24.6 Å². The smallest absolute Gasteiger partial charge is 0.0160 e. The summed E-state index contributed by atoms with van der Waals surface area (Å²) in [5, 5.41) is 3.24. The molecule has 0 atom stereocenters. The number of nitrogens with one attached hydrogen (secondary N) is 1. The van der Waals surface area contributed by atoms with Gasteiger partial charge in [-0.2, -0.15) is 0 Å². The van der Waals surface area contributed by atoms with E-state index in [9.17, 15) is 0 Å². The SMILES string of the molecule is C=CN/C(=C\C)C(C)(C)CC(C)(C)CC.CC. The quantitative estimate of drug-likeness (QED) is 0.645. The van der Waals surface area contributed by atoms with Gasteiger partial charge in [0.05, 0.1) is 0 Å². The highest BCUT2D eigenvalue weighted by Crippen LogP contribution is 2.39. The van der Waals surface area contributed by atoms with Crippen molar-refractivity contribution >= 4 is 0 Å². The number of rotatable bonds is 6. The molecule has 0 radical (unpaired) electrons.